The van der Waals surface area contributed by atoms with E-state index in [-0.39, 0.29) is 17.5 Å². The van der Waals surface area contributed by atoms with Gasteiger partial charge in [-0.15, -0.1) is 0 Å². The quantitative estimate of drug-likeness (QED) is 0.565. The van der Waals surface area contributed by atoms with Crippen LogP contribution in [-0.2, 0) is 0 Å². The maximum absolute atomic E-state index is 11.4. The van der Waals surface area contributed by atoms with Crippen molar-refractivity contribution in [1.29, 1.82) is 5.26 Å². The first-order valence-corrected chi connectivity index (χ1v) is 6.57. The lowest BCUT2D eigenvalue weighted by Crippen LogP contribution is -2.24. The fourth-order valence-electron chi connectivity index (χ4n) is 1.93. The molecule has 0 aliphatic rings. The summed E-state index contributed by atoms with van der Waals surface area (Å²) in [6.45, 7) is 6.59. The molecule has 6 nitrogen and oxygen atoms in total. The second-order valence-corrected chi connectivity index (χ2v) is 4.54. The van der Waals surface area contributed by atoms with Crippen molar-refractivity contribution >= 4 is 11.4 Å². The largest absolute Gasteiger partial charge is 0.484 e. The zero-order valence-electron chi connectivity index (χ0n) is 12.0. The molecule has 1 aromatic carbocycles. The second-order valence-electron chi connectivity index (χ2n) is 4.54. The monoisotopic (exact) mass is 277 g/mol. The Balaban J connectivity index is 3.23. The molecule has 0 aliphatic carbocycles. The average Bonchev–Trinajstić information content (AvgIpc) is 2.38. The van der Waals surface area contributed by atoms with Gasteiger partial charge >= 0.3 is 5.69 Å². The lowest BCUT2D eigenvalue weighted by atomic mass is 10.2. The van der Waals surface area contributed by atoms with Crippen LogP contribution in [0.1, 0.15) is 27.2 Å². The Morgan fingerprint density at radius 2 is 2.20 bits per heavy atom. The number of para-hydroxylation sites is 1. The highest BCUT2D eigenvalue weighted by Crippen LogP contribution is 2.37. The number of nitrogens with zero attached hydrogens (tertiary/aromatic N) is 3. The lowest BCUT2D eigenvalue weighted by Gasteiger charge is -2.22. The highest BCUT2D eigenvalue weighted by molar-refractivity contribution is 5.69. The molecule has 0 unspecified atom stereocenters. The van der Waals surface area contributed by atoms with Gasteiger partial charge in [-0.05, 0) is 32.9 Å². The molecular formula is C14H19N3O3. The van der Waals surface area contributed by atoms with Crippen molar-refractivity contribution in [3.05, 3.63) is 28.3 Å². The third kappa shape index (κ3) is 3.85. The van der Waals surface area contributed by atoms with E-state index in [0.717, 1.165) is 0 Å². The fraction of sp³-hybridized carbons (Fsp3) is 0.500. The molecule has 0 N–H and O–H groups in total. The predicted octanol–water partition coefficient (Wildman–Crippen LogP) is 3.12. The minimum Gasteiger partial charge on any atom is -0.484 e. The Hall–Kier alpha value is -2.29. The molecule has 0 radical (unpaired) electrons. The molecule has 0 aromatic heterocycles. The summed E-state index contributed by atoms with van der Waals surface area (Å²) in [5.41, 5.74) is 0.451. The van der Waals surface area contributed by atoms with Gasteiger partial charge in [-0.2, -0.15) is 5.26 Å². The zero-order valence-corrected chi connectivity index (χ0v) is 12.0. The van der Waals surface area contributed by atoms with Crippen LogP contribution < -0.4 is 9.64 Å². The van der Waals surface area contributed by atoms with Crippen molar-refractivity contribution in [2.24, 2.45) is 0 Å². The minimum atomic E-state index is -0.428. The van der Waals surface area contributed by atoms with Crippen LogP contribution in [0, 0.1) is 21.4 Å². The third-order valence-corrected chi connectivity index (χ3v) is 2.74. The molecule has 108 valence electrons. The summed E-state index contributed by atoms with van der Waals surface area (Å²) in [5, 5.41) is 20.0. The van der Waals surface area contributed by atoms with Crippen LogP contribution in [0.4, 0.5) is 11.4 Å². The van der Waals surface area contributed by atoms with Crippen molar-refractivity contribution in [2.75, 3.05) is 18.0 Å². The van der Waals surface area contributed by atoms with Crippen LogP contribution in [0.5, 0.6) is 5.75 Å². The molecule has 6 heteroatoms. The van der Waals surface area contributed by atoms with Crippen molar-refractivity contribution in [3.63, 3.8) is 0 Å². The first-order valence-electron chi connectivity index (χ1n) is 6.57. The van der Waals surface area contributed by atoms with E-state index >= 15 is 0 Å². The maximum Gasteiger partial charge on any atom is 0.333 e. The Bertz CT molecular complexity index is 509. The summed E-state index contributed by atoms with van der Waals surface area (Å²) in [7, 11) is 0. The third-order valence-electron chi connectivity index (χ3n) is 2.74. The van der Waals surface area contributed by atoms with Crippen molar-refractivity contribution in [2.45, 2.75) is 33.3 Å². The standard InChI is InChI=1S/C14H19N3O3/c1-4-16(10-6-9-15)12-7-5-8-13(20-11(2)3)14(12)17(18)19/h5,7-8,11H,4,6,10H2,1-3H3. The number of benzene rings is 1. The van der Waals surface area contributed by atoms with Gasteiger partial charge in [-0.3, -0.25) is 10.1 Å². The summed E-state index contributed by atoms with van der Waals surface area (Å²) < 4.78 is 5.51. The molecule has 0 heterocycles. The van der Waals surface area contributed by atoms with Crippen LogP contribution in [0.15, 0.2) is 18.2 Å². The molecule has 1 rings (SSSR count). The number of rotatable bonds is 7. The molecule has 0 spiro atoms. The number of ether oxygens (including phenoxy) is 1. The topological polar surface area (TPSA) is 79.4 Å². The predicted molar refractivity (Wildman–Crippen MR) is 77.0 cm³/mol. The van der Waals surface area contributed by atoms with E-state index < -0.39 is 4.92 Å². The van der Waals surface area contributed by atoms with Crippen molar-refractivity contribution < 1.29 is 9.66 Å². The van der Waals surface area contributed by atoms with Crippen LogP contribution in [0.3, 0.4) is 0 Å². The van der Waals surface area contributed by atoms with Gasteiger partial charge in [0.25, 0.3) is 0 Å². The molecule has 0 bridgehead atoms. The van der Waals surface area contributed by atoms with Gasteiger partial charge in [0.2, 0.25) is 0 Å². The van der Waals surface area contributed by atoms with Gasteiger partial charge in [0, 0.05) is 13.1 Å². The zero-order chi connectivity index (χ0) is 15.1. The summed E-state index contributed by atoms with van der Waals surface area (Å²) in [5.74, 6) is 0.262. The van der Waals surface area contributed by atoms with Gasteiger partial charge < -0.3 is 9.64 Å². The second kappa shape index (κ2) is 7.34. The number of nitro groups is 1. The maximum atomic E-state index is 11.4. The highest BCUT2D eigenvalue weighted by atomic mass is 16.6. The summed E-state index contributed by atoms with van der Waals surface area (Å²) in [4.78, 5) is 12.7. The first kappa shape index (κ1) is 15.8. The molecule has 0 saturated carbocycles. The van der Waals surface area contributed by atoms with E-state index in [2.05, 4.69) is 6.07 Å². The van der Waals surface area contributed by atoms with E-state index in [1.165, 1.54) is 0 Å². The number of hydrogen-bond donors (Lipinski definition) is 0. The van der Waals surface area contributed by atoms with Crippen molar-refractivity contribution in [1.82, 2.24) is 0 Å². The van der Waals surface area contributed by atoms with Gasteiger partial charge in [-0.1, -0.05) is 6.07 Å². The van der Waals surface area contributed by atoms with Gasteiger partial charge in [0.15, 0.2) is 5.75 Å². The van der Waals surface area contributed by atoms with Crippen LogP contribution in [-0.4, -0.2) is 24.1 Å². The molecule has 0 fully saturated rings. The molecule has 0 saturated heterocycles. The van der Waals surface area contributed by atoms with Gasteiger partial charge in [-0.25, -0.2) is 0 Å². The number of hydrogen-bond acceptors (Lipinski definition) is 5. The SMILES string of the molecule is CCN(CCC#N)c1cccc(OC(C)C)c1[N+](=O)[O-]. The summed E-state index contributed by atoms with van der Waals surface area (Å²) >= 11 is 0. The Kier molecular flexibility index (Phi) is 5.78. The summed E-state index contributed by atoms with van der Waals surface area (Å²) in [6, 6.07) is 7.07. The smallest absolute Gasteiger partial charge is 0.333 e. The molecule has 20 heavy (non-hydrogen) atoms. The highest BCUT2D eigenvalue weighted by Gasteiger charge is 2.24. The first-order chi connectivity index (χ1) is 9.51. The molecule has 1 aromatic rings. The average molecular weight is 277 g/mol. The number of nitriles is 1. The summed E-state index contributed by atoms with van der Waals surface area (Å²) in [6.07, 6.45) is 0.179. The van der Waals surface area contributed by atoms with E-state index in [9.17, 15) is 10.1 Å². The van der Waals surface area contributed by atoms with Gasteiger partial charge in [0.1, 0.15) is 5.69 Å². The van der Waals surface area contributed by atoms with Crippen LogP contribution >= 0.6 is 0 Å². The number of anilines is 1. The molecule has 0 atom stereocenters. The fourth-order valence-corrected chi connectivity index (χ4v) is 1.93. The van der Waals surface area contributed by atoms with E-state index in [0.29, 0.717) is 25.2 Å². The van der Waals surface area contributed by atoms with E-state index in [1.807, 2.05) is 25.7 Å². The van der Waals surface area contributed by atoms with E-state index in [4.69, 9.17) is 10.00 Å². The Labute approximate surface area is 118 Å². The Morgan fingerprint density at radius 1 is 1.50 bits per heavy atom. The van der Waals surface area contributed by atoms with Crippen LogP contribution in [0.25, 0.3) is 0 Å². The Morgan fingerprint density at radius 3 is 2.70 bits per heavy atom. The molecule has 0 aliphatic heterocycles. The molecule has 0 amide bonds. The van der Waals surface area contributed by atoms with Crippen molar-refractivity contribution in [3.8, 4) is 11.8 Å². The van der Waals surface area contributed by atoms with Crippen LogP contribution in [0.2, 0.25) is 0 Å². The molecular weight excluding hydrogens is 258 g/mol. The number of nitro benzene ring substituents is 1. The normalized spacial score (nSPS) is 10.2. The lowest BCUT2D eigenvalue weighted by molar-refractivity contribution is -0.385. The minimum absolute atomic E-state index is 0.0408. The van der Waals surface area contributed by atoms with Gasteiger partial charge in [0.05, 0.1) is 23.5 Å². The van der Waals surface area contributed by atoms with E-state index in [1.54, 1.807) is 18.2 Å².